The first-order valence-electron chi connectivity index (χ1n) is 9.21. The third-order valence-electron chi connectivity index (χ3n) is 4.50. The molecule has 0 saturated carbocycles. The second-order valence-corrected chi connectivity index (χ2v) is 7.07. The molecule has 0 fully saturated rings. The van der Waals surface area contributed by atoms with Gasteiger partial charge in [0.2, 0.25) is 0 Å². The van der Waals surface area contributed by atoms with E-state index in [4.69, 9.17) is 17.3 Å². The fourth-order valence-corrected chi connectivity index (χ4v) is 3.22. The third-order valence-corrected chi connectivity index (χ3v) is 4.83. The number of primary amides is 1. The molecule has 2 aromatic carbocycles. The van der Waals surface area contributed by atoms with Crippen LogP contribution in [0.1, 0.15) is 20.8 Å². The molecule has 2 amide bonds. The average Bonchev–Trinajstić information content (AvgIpc) is 3.19. The maximum atomic E-state index is 14.1. The normalized spacial score (nSPS) is 10.7. The van der Waals surface area contributed by atoms with Crippen LogP contribution in [0, 0.1) is 11.6 Å². The van der Waals surface area contributed by atoms with Gasteiger partial charge in [-0.3, -0.25) is 14.6 Å². The summed E-state index contributed by atoms with van der Waals surface area (Å²) in [5.74, 6) is -2.95. The number of carbonyl (C=O) groups excluding carboxylic acids is 2. The van der Waals surface area contributed by atoms with Crippen LogP contribution in [0.5, 0.6) is 0 Å². The number of benzene rings is 2. The zero-order valence-corrected chi connectivity index (χ0v) is 17.0. The Labute approximate surface area is 185 Å². The third kappa shape index (κ3) is 4.19. The van der Waals surface area contributed by atoms with E-state index in [1.807, 2.05) is 0 Å². The maximum Gasteiger partial charge on any atom is 0.269 e. The number of pyridine rings is 1. The number of nitrogens with zero attached hydrogens (tertiary/aromatic N) is 3. The van der Waals surface area contributed by atoms with Crippen LogP contribution < -0.4 is 11.1 Å². The number of aromatic nitrogens is 3. The highest BCUT2D eigenvalue weighted by atomic mass is 35.5. The zero-order valence-electron chi connectivity index (χ0n) is 16.2. The summed E-state index contributed by atoms with van der Waals surface area (Å²) >= 11 is 6.19. The van der Waals surface area contributed by atoms with Gasteiger partial charge in [-0.25, -0.2) is 13.5 Å². The maximum absolute atomic E-state index is 14.1. The second-order valence-electron chi connectivity index (χ2n) is 6.66. The summed E-state index contributed by atoms with van der Waals surface area (Å²) in [6, 6.07) is 15.0. The number of nitrogens with one attached hydrogen (secondary N) is 1. The lowest BCUT2D eigenvalue weighted by molar-refractivity contribution is 0.0992. The van der Waals surface area contributed by atoms with Crippen molar-refractivity contribution in [1.29, 1.82) is 0 Å². The summed E-state index contributed by atoms with van der Waals surface area (Å²) in [6.45, 7) is 0. The Kier molecular flexibility index (Phi) is 5.65. The standard InChI is InChI=1S/C22H14ClF2N5O2/c23-16-7-6-12(20-17(25)9-13(24)11-27-20)8-15(16)22(32)28-19-10-18(21(26)31)29-30(19)14-4-2-1-3-5-14/h1-11H,(H2,26,31)(H,28,32). The van der Waals surface area contributed by atoms with Gasteiger partial charge in [0.15, 0.2) is 11.5 Å². The molecule has 0 unspecified atom stereocenters. The van der Waals surface area contributed by atoms with Crippen LogP contribution >= 0.6 is 11.6 Å². The molecular weight excluding hydrogens is 440 g/mol. The lowest BCUT2D eigenvalue weighted by Crippen LogP contribution is -2.16. The smallest absolute Gasteiger partial charge is 0.269 e. The minimum absolute atomic E-state index is 0.0103. The van der Waals surface area contributed by atoms with Crippen LogP contribution in [-0.4, -0.2) is 26.6 Å². The SMILES string of the molecule is NC(=O)c1cc(NC(=O)c2cc(-c3ncc(F)cc3F)ccc2Cl)n(-c2ccccc2)n1. The minimum atomic E-state index is -0.882. The molecular formula is C22H14ClF2N5O2. The lowest BCUT2D eigenvalue weighted by atomic mass is 10.1. The van der Waals surface area contributed by atoms with Crippen LogP contribution in [0.15, 0.2) is 66.9 Å². The second kappa shape index (κ2) is 8.56. The monoisotopic (exact) mass is 453 g/mol. The Balaban J connectivity index is 1.71. The lowest BCUT2D eigenvalue weighted by Gasteiger charge is -2.11. The highest BCUT2D eigenvalue weighted by Gasteiger charge is 2.19. The largest absolute Gasteiger partial charge is 0.364 e. The van der Waals surface area contributed by atoms with E-state index in [2.05, 4.69) is 15.4 Å². The number of hydrogen-bond donors (Lipinski definition) is 2. The van der Waals surface area contributed by atoms with Gasteiger partial charge in [0, 0.05) is 17.7 Å². The van der Waals surface area contributed by atoms with E-state index in [-0.39, 0.29) is 33.4 Å². The van der Waals surface area contributed by atoms with Crippen LogP contribution in [0.25, 0.3) is 16.9 Å². The number of halogens is 3. The fourth-order valence-electron chi connectivity index (χ4n) is 3.01. The molecule has 0 aliphatic rings. The first kappa shape index (κ1) is 21.1. The van der Waals surface area contributed by atoms with Crippen molar-refractivity contribution in [2.24, 2.45) is 5.73 Å². The molecule has 3 N–H and O–H groups in total. The summed E-state index contributed by atoms with van der Waals surface area (Å²) in [6.07, 6.45) is 0.872. The predicted octanol–water partition coefficient (Wildman–Crippen LogP) is 4.22. The van der Waals surface area contributed by atoms with Gasteiger partial charge in [-0.05, 0) is 24.3 Å². The van der Waals surface area contributed by atoms with E-state index in [1.54, 1.807) is 30.3 Å². The van der Waals surface area contributed by atoms with Crippen LogP contribution in [0.4, 0.5) is 14.6 Å². The van der Waals surface area contributed by atoms with Crippen molar-refractivity contribution >= 4 is 29.2 Å². The Morgan fingerprint density at radius 3 is 2.47 bits per heavy atom. The number of carbonyl (C=O) groups is 2. The summed E-state index contributed by atoms with van der Waals surface area (Å²) in [4.78, 5) is 28.4. The molecule has 4 rings (SSSR count). The Bertz CT molecular complexity index is 1340. The molecule has 4 aromatic rings. The summed E-state index contributed by atoms with van der Waals surface area (Å²) in [5.41, 5.74) is 5.96. The van der Waals surface area contributed by atoms with Crippen LogP contribution in [0.2, 0.25) is 5.02 Å². The first-order valence-corrected chi connectivity index (χ1v) is 9.59. The molecule has 0 saturated heterocycles. The fraction of sp³-hybridized carbons (Fsp3) is 0. The first-order chi connectivity index (χ1) is 15.3. The highest BCUT2D eigenvalue weighted by molar-refractivity contribution is 6.34. The minimum Gasteiger partial charge on any atom is -0.364 e. The number of hydrogen-bond acceptors (Lipinski definition) is 4. The molecule has 32 heavy (non-hydrogen) atoms. The van der Waals surface area contributed by atoms with Crippen molar-refractivity contribution in [1.82, 2.24) is 14.8 Å². The number of amides is 2. The van der Waals surface area contributed by atoms with Gasteiger partial charge in [0.1, 0.15) is 17.3 Å². The van der Waals surface area contributed by atoms with Crippen LogP contribution in [0.3, 0.4) is 0 Å². The molecule has 2 aromatic heterocycles. The summed E-state index contributed by atoms with van der Waals surface area (Å²) < 4.78 is 28.7. The van der Waals surface area contributed by atoms with Gasteiger partial charge < -0.3 is 11.1 Å². The molecule has 10 heteroatoms. The van der Waals surface area contributed by atoms with E-state index >= 15 is 0 Å². The molecule has 0 aliphatic carbocycles. The number of nitrogens with two attached hydrogens (primary N) is 1. The summed E-state index contributed by atoms with van der Waals surface area (Å²) in [5, 5.41) is 6.86. The summed E-state index contributed by atoms with van der Waals surface area (Å²) in [7, 11) is 0. The number of rotatable bonds is 5. The predicted molar refractivity (Wildman–Crippen MR) is 115 cm³/mol. The molecule has 0 bridgehead atoms. The van der Waals surface area contributed by atoms with Crippen molar-refractivity contribution in [2.45, 2.75) is 0 Å². The number of anilines is 1. The van der Waals surface area contributed by atoms with Crippen molar-refractivity contribution in [3.05, 3.63) is 94.8 Å². The molecule has 7 nitrogen and oxygen atoms in total. The van der Waals surface area contributed by atoms with Crippen LogP contribution in [-0.2, 0) is 0 Å². The van der Waals surface area contributed by atoms with Gasteiger partial charge >= 0.3 is 0 Å². The van der Waals surface area contributed by atoms with E-state index in [9.17, 15) is 18.4 Å². The average molecular weight is 454 g/mol. The zero-order chi connectivity index (χ0) is 22.8. The Hall–Kier alpha value is -4.11. The molecule has 0 atom stereocenters. The highest BCUT2D eigenvalue weighted by Crippen LogP contribution is 2.27. The van der Waals surface area contributed by atoms with E-state index in [1.165, 1.54) is 28.9 Å². The van der Waals surface area contributed by atoms with Crippen molar-refractivity contribution in [2.75, 3.05) is 5.32 Å². The molecule has 160 valence electrons. The van der Waals surface area contributed by atoms with E-state index in [0.29, 0.717) is 11.8 Å². The van der Waals surface area contributed by atoms with E-state index in [0.717, 1.165) is 6.20 Å². The Morgan fingerprint density at radius 2 is 1.78 bits per heavy atom. The van der Waals surface area contributed by atoms with Gasteiger partial charge in [0.05, 0.1) is 22.5 Å². The van der Waals surface area contributed by atoms with Gasteiger partial charge in [-0.2, -0.15) is 5.10 Å². The van der Waals surface area contributed by atoms with Crippen molar-refractivity contribution < 1.29 is 18.4 Å². The molecule has 0 spiro atoms. The molecule has 0 radical (unpaired) electrons. The van der Waals surface area contributed by atoms with Gasteiger partial charge in [-0.1, -0.05) is 35.9 Å². The molecule has 2 heterocycles. The van der Waals surface area contributed by atoms with E-state index < -0.39 is 23.4 Å². The number of para-hydroxylation sites is 1. The molecule has 0 aliphatic heterocycles. The van der Waals surface area contributed by atoms with Gasteiger partial charge in [0.25, 0.3) is 11.8 Å². The quantitative estimate of drug-likeness (QED) is 0.472. The van der Waals surface area contributed by atoms with Gasteiger partial charge in [-0.15, -0.1) is 0 Å². The van der Waals surface area contributed by atoms with Crippen molar-refractivity contribution in [3.63, 3.8) is 0 Å². The Morgan fingerprint density at radius 1 is 1.03 bits per heavy atom. The van der Waals surface area contributed by atoms with Crippen molar-refractivity contribution in [3.8, 4) is 16.9 Å². The topological polar surface area (TPSA) is 103 Å².